The second-order valence-corrected chi connectivity index (χ2v) is 101. The highest BCUT2D eigenvalue weighted by atomic mass is 35.7. The Labute approximate surface area is 946 Å². The van der Waals surface area contributed by atoms with Crippen LogP contribution >= 0.6 is 66.5 Å². The number of rotatable bonds is 27. The molecular weight excluding hydrogens is 2200 g/mol. The summed E-state index contributed by atoms with van der Waals surface area (Å²) in [5.74, 6) is -0.946. The Morgan fingerprint density at radius 2 is 0.660 bits per heavy atom. The van der Waals surface area contributed by atoms with E-state index in [1.807, 2.05) is 80.4 Å². The van der Waals surface area contributed by atoms with Crippen molar-refractivity contribution in [2.45, 2.75) is 339 Å². The van der Waals surface area contributed by atoms with Crippen LogP contribution in [0.15, 0.2) is 266 Å². The second-order valence-electron chi connectivity index (χ2n) is 40.7. The number of benzene rings is 8. The number of hydrogen-bond donors (Lipinski definition) is 0. The molecule has 34 heteroatoms. The normalized spacial score (nSPS) is 10.9. The van der Waals surface area contributed by atoms with E-state index in [0.29, 0.717) is 36.7 Å². The van der Waals surface area contributed by atoms with Gasteiger partial charge in [0.2, 0.25) is 23.9 Å². The van der Waals surface area contributed by atoms with Gasteiger partial charge in [-0.3, -0.25) is 9.64 Å². The van der Waals surface area contributed by atoms with Gasteiger partial charge in [-0.2, -0.15) is 79.6 Å². The maximum atomic E-state index is 12.8. The lowest BCUT2D eigenvalue weighted by Gasteiger charge is -2.27. The van der Waals surface area contributed by atoms with Gasteiger partial charge in [0.15, 0.2) is 8.96 Å². The third-order valence-corrected chi connectivity index (χ3v) is 57.2. The summed E-state index contributed by atoms with van der Waals surface area (Å²) >= 11 is 32.6. The number of aromatic nitrogens is 1. The first-order chi connectivity index (χ1) is 66.9. The molecule has 0 aliphatic rings. The zero-order chi connectivity index (χ0) is 111. The van der Waals surface area contributed by atoms with Crippen molar-refractivity contribution >= 4 is 283 Å². The van der Waals surface area contributed by atoms with Crippen molar-refractivity contribution in [1.82, 2.24) is 4.98 Å². The molecule has 0 N–H and O–H groups in total. The van der Waals surface area contributed by atoms with Crippen LogP contribution in [0.2, 0.25) is 173 Å². The Kier molecular flexibility index (Phi) is 109. The lowest BCUT2D eigenvalue weighted by molar-refractivity contribution is -0.0710. The first-order valence-corrected chi connectivity index (χ1v) is 100. The summed E-state index contributed by atoms with van der Waals surface area (Å²) in [5, 5.41) is 17.2. The van der Waals surface area contributed by atoms with Crippen molar-refractivity contribution < 1.29 is 35.3 Å². The lowest BCUT2D eigenvalue weighted by Crippen LogP contribution is -2.43. The number of hydrogen-bond acceptors (Lipinski definition) is 7. The first-order valence-electron chi connectivity index (χ1n) is 52.6. The van der Waals surface area contributed by atoms with Gasteiger partial charge in [-0.1, -0.05) is 532 Å². The van der Waals surface area contributed by atoms with Gasteiger partial charge in [0, 0.05) is 66.8 Å². The van der Waals surface area contributed by atoms with Crippen molar-refractivity contribution in [3.8, 4) is 0 Å². The highest BCUT2D eigenvalue weighted by Crippen LogP contribution is 2.34. The monoisotopic (exact) mass is 2410 g/mol. The van der Waals surface area contributed by atoms with Crippen LogP contribution in [0.3, 0.4) is 0 Å². The Balaban J connectivity index is -0.000000232. The number of alkyl halides is 3. The molecule has 9 rings (SSSR count). The zero-order valence-electron chi connectivity index (χ0n) is 97.1. The summed E-state index contributed by atoms with van der Waals surface area (Å²) in [6, 6.07) is 97.3. The Morgan fingerprint density at radius 1 is 0.382 bits per heavy atom. The van der Waals surface area contributed by atoms with E-state index < -0.39 is 124 Å². The van der Waals surface area contributed by atoms with Crippen LogP contribution in [-0.2, 0) is 22.1 Å². The molecule has 824 valence electrons. The molecule has 0 bridgehead atoms. The van der Waals surface area contributed by atoms with Gasteiger partial charge < -0.3 is 22.1 Å². The second kappa shape index (κ2) is 100.0. The SMILES string of the molecule is C.CC(C)(C)[SiH2]C(C)(C)C.CC(C)[SiH](Cl)C(C)C.CCO[SiH](C)OCC.CC[SiH2]CC.CC[SiH](CC)N=C(O[SiH](CC)CC)C(F)(F)F.CC[SiH](Cl)Cl.CO[SiH](C)OC.C[SiH](C)C(C)(C)C.C[SiH](C)Cl.C[SiH](C)c1ccccc1.C[SiH](C)c1ccccc1[SiH](C)C.C[SiH](C)c1ccccn1.C[SiH](Cl)Cl.C[SiH](c1ccccc1)c1ccccc1.c1ccc([SiH2]c2ccccc2)cc1.c1ccc([SiH2]c2ccccc2)cc1. The van der Waals surface area contributed by atoms with E-state index in [0.717, 1.165) is 42.4 Å². The van der Waals surface area contributed by atoms with E-state index in [9.17, 15) is 13.2 Å². The highest BCUT2D eigenvalue weighted by molar-refractivity contribution is 7.34. The van der Waals surface area contributed by atoms with E-state index in [2.05, 4.69) is 447 Å². The smallest absolute Gasteiger partial charge is 0.465 e. The largest absolute Gasteiger partial charge is 0.531 e. The molecule has 0 aliphatic carbocycles. The zero-order valence-corrected chi connectivity index (χ0v) is 123. The molecule has 0 unspecified atom stereocenters. The summed E-state index contributed by atoms with van der Waals surface area (Å²) in [4.78, 5) is 4.24. The van der Waals surface area contributed by atoms with Gasteiger partial charge >= 0.3 is 24.7 Å². The summed E-state index contributed by atoms with van der Waals surface area (Å²) in [6.45, 7) is 85.6. The number of nitrogens with zero attached hydrogens (tertiary/aromatic N) is 2. The minimum absolute atomic E-state index is 0. The number of pyridine rings is 1. The molecule has 0 fully saturated rings. The fraction of sp³-hybridized carbons (Fsp3) is 0.509. The van der Waals surface area contributed by atoms with Crippen molar-refractivity contribution in [1.29, 1.82) is 0 Å². The predicted octanol–water partition coefficient (Wildman–Crippen LogP) is 24.6. The van der Waals surface area contributed by atoms with Crippen LogP contribution < -0.4 is 52.0 Å². The quantitative estimate of drug-likeness (QED) is 0.0221. The van der Waals surface area contributed by atoms with Crippen molar-refractivity contribution in [2.75, 3.05) is 27.4 Å². The van der Waals surface area contributed by atoms with Crippen molar-refractivity contribution in [3.05, 3.63) is 261 Å². The standard InChI is InChI=1S/C13H14Si.2C12H12Si.C10H22F3NOSi2.C10H18Si2.C8H12Si.C8H20Si.C7H11NSi.C6H15ClSi.C6H16Si.C5H14O2Si.C4H12Si.C3H10O2Si.C2H6Cl2Si.C2H7ClSi.CH4Cl2Si.CH4/c1-14(12-8-4-2-5-9-12)13-10-6-3-7-11-13;2*1-3-7-11(8-4-1)13-12-9-5-2-6-10-12;1-5-16(6-2)14-9(10(11,12)13)15-17(7-3)8-4;1-11(2)9-7-5-6-8-10(9)12(3)4;1-9(2)8-6-4-3-5-7-8;1-7(2,3)9-8(4,5)6;1-9(2)7-5-3-4-6-8-7;1-5(2)8(7)6(3)4;1-6(2,3)7(4)5;1-4-6-8(3)7-5-2;1-3-5-4-2;1-4-6(3)5-2;1-2-5(3)4;2*1-4(2)3;/h2-11,14H,1H3;2*1-10H,13H2;16-17H,5-8H2,1-4H3;5-8,11-12H,1-4H3;3-7,9H,1-2H3;9H2,1-6H3;3-6,9H,1-2H3;5-6,8H,1-4H3;7H,1-5H3;8H,4-5H2,1-3H3;3-5H2,1-2H3;6H,1-3H3;5H,2H2,1H3;4H,1-2H3;4H,1H3;1H4. The summed E-state index contributed by atoms with van der Waals surface area (Å²) in [6.07, 6.45) is -2.56. The average Bonchev–Trinajstić information content (AvgIpc) is 0.863. The molecule has 1 aromatic heterocycles. The van der Waals surface area contributed by atoms with Crippen molar-refractivity contribution in [3.63, 3.8) is 0 Å². The van der Waals surface area contributed by atoms with E-state index >= 15 is 0 Å². The Morgan fingerprint density at radius 3 is 0.819 bits per heavy atom. The molecule has 0 spiro atoms. The maximum Gasteiger partial charge on any atom is 0.465 e. The molecule has 0 saturated heterocycles. The lowest BCUT2D eigenvalue weighted by atomic mass is 10.2. The van der Waals surface area contributed by atoms with Gasteiger partial charge in [-0.05, 0) is 102 Å². The predicted molar refractivity (Wildman–Crippen MR) is 717 cm³/mol. The fourth-order valence-corrected chi connectivity index (χ4v) is 33.4. The van der Waals surface area contributed by atoms with Crippen molar-refractivity contribution in [2.24, 2.45) is 4.66 Å². The third-order valence-electron chi connectivity index (χ3n) is 21.0. The molecule has 1 heterocycles. The minimum Gasteiger partial charge on any atom is -0.531 e. The maximum absolute atomic E-state index is 12.8. The molecule has 8 aromatic carbocycles. The van der Waals surface area contributed by atoms with Gasteiger partial charge in [-0.25, -0.2) is 0 Å². The topological polar surface area (TPSA) is 71.4 Å². The van der Waals surface area contributed by atoms with E-state index in [1.54, 1.807) is 29.8 Å². The summed E-state index contributed by atoms with van der Waals surface area (Å²) in [7, 11) is -9.97. The van der Waals surface area contributed by atoms with Crippen LogP contribution in [0.1, 0.15) is 160 Å². The molecule has 7 nitrogen and oxygen atoms in total. The molecule has 9 aromatic rings. The minimum atomic E-state index is -4.43. The summed E-state index contributed by atoms with van der Waals surface area (Å²) in [5.41, 5.74) is 1.49. The van der Waals surface area contributed by atoms with Gasteiger partial charge in [0.05, 0.1) is 63.0 Å². The molecule has 0 radical (unpaired) electrons. The molecule has 0 aliphatic heterocycles. The molecule has 144 heavy (non-hydrogen) atoms. The molecule has 0 saturated carbocycles. The van der Waals surface area contributed by atoms with Gasteiger partial charge in [0.1, 0.15) is 16.2 Å². The van der Waals surface area contributed by atoms with Crippen LogP contribution in [0.5, 0.6) is 0 Å². The van der Waals surface area contributed by atoms with Crippen LogP contribution in [0, 0.1) is 0 Å². The van der Waals surface area contributed by atoms with E-state index in [-0.39, 0.29) is 44.8 Å². The third kappa shape index (κ3) is 104. The fourth-order valence-electron chi connectivity index (χ4n) is 12.4. The Bertz CT molecular complexity index is 3910. The van der Waals surface area contributed by atoms with Gasteiger partial charge in [0.25, 0.3) is 5.90 Å². The number of halogens is 9. The van der Waals surface area contributed by atoms with Gasteiger partial charge in [-0.15, -0.1) is 0 Å². The van der Waals surface area contributed by atoms with Crippen LogP contribution in [0.25, 0.3) is 0 Å². The van der Waals surface area contributed by atoms with E-state index in [4.69, 9.17) is 88.6 Å². The Hall–Kier alpha value is -2.35. The molecular formula is C110H209Cl6F3N2O5Si18. The van der Waals surface area contributed by atoms with Crippen LogP contribution in [0.4, 0.5) is 13.2 Å². The first kappa shape index (κ1) is 157. The molecule has 0 atom stereocenters. The average molecular weight is 2420 g/mol. The highest BCUT2D eigenvalue weighted by Gasteiger charge is 2.39. The van der Waals surface area contributed by atoms with E-state index in [1.165, 1.54) is 48.5 Å². The summed E-state index contributed by atoms with van der Waals surface area (Å²) < 4.78 is 67.4. The molecule has 0 amide bonds. The van der Waals surface area contributed by atoms with Crippen LogP contribution in [-0.4, -0.2) is 203 Å².